The molecule has 0 radical (unpaired) electrons. The van der Waals surface area contributed by atoms with Gasteiger partial charge in [-0.2, -0.15) is 10.5 Å². The van der Waals surface area contributed by atoms with Crippen molar-refractivity contribution in [2.45, 2.75) is 37.5 Å². The number of nitrogens with one attached hydrogen (secondary N) is 2. The van der Waals surface area contributed by atoms with E-state index in [1.54, 1.807) is 12.1 Å². The number of rotatable bonds is 2. The summed E-state index contributed by atoms with van der Waals surface area (Å²) in [6.07, 6.45) is 1.89. The zero-order valence-electron chi connectivity index (χ0n) is 23.9. The highest BCUT2D eigenvalue weighted by Crippen LogP contribution is 2.63. The summed E-state index contributed by atoms with van der Waals surface area (Å²) in [5.74, 6) is 2.85. The predicted molar refractivity (Wildman–Crippen MR) is 168 cm³/mol. The molecular formula is C36H28N4O3S. The van der Waals surface area contributed by atoms with Crippen LogP contribution in [0.4, 0.5) is 0 Å². The Morgan fingerprint density at radius 3 is 2.09 bits per heavy atom. The van der Waals surface area contributed by atoms with Crippen molar-refractivity contribution >= 4 is 17.3 Å². The van der Waals surface area contributed by atoms with Gasteiger partial charge in [0.2, 0.25) is 5.75 Å². The molecule has 1 saturated carbocycles. The van der Waals surface area contributed by atoms with E-state index >= 15 is 0 Å². The molecule has 0 aromatic heterocycles. The van der Waals surface area contributed by atoms with Crippen LogP contribution in [0.3, 0.4) is 0 Å². The molecule has 0 bridgehead atoms. The quantitative estimate of drug-likeness (QED) is 0.203. The first-order valence-electron chi connectivity index (χ1n) is 14.9. The molecule has 1 spiro atoms. The molecule has 2 N–H and O–H groups in total. The Hall–Kier alpha value is -5.05. The van der Waals surface area contributed by atoms with Gasteiger partial charge in [0, 0.05) is 35.4 Å². The zero-order chi connectivity index (χ0) is 30.0. The lowest BCUT2D eigenvalue weighted by molar-refractivity contribution is -0.133. The van der Waals surface area contributed by atoms with E-state index in [-0.39, 0.29) is 34.9 Å². The van der Waals surface area contributed by atoms with E-state index in [4.69, 9.17) is 26.4 Å². The lowest BCUT2D eigenvalue weighted by Crippen LogP contribution is -2.74. The molecule has 8 heteroatoms. The number of nitrogens with zero attached hydrogens (tertiary/aromatic N) is 2. The molecule has 0 amide bonds. The Kier molecular flexibility index (Phi) is 6.04. The topological polar surface area (TPSA) is 99.3 Å². The van der Waals surface area contributed by atoms with Crippen LogP contribution in [0.2, 0.25) is 0 Å². The maximum Gasteiger partial charge on any atom is 0.212 e. The van der Waals surface area contributed by atoms with Gasteiger partial charge in [0.25, 0.3) is 0 Å². The molecular weight excluding hydrogens is 568 g/mol. The van der Waals surface area contributed by atoms with Crippen LogP contribution in [-0.2, 0) is 0 Å². The van der Waals surface area contributed by atoms with E-state index in [1.165, 1.54) is 11.1 Å². The molecule has 44 heavy (non-hydrogen) atoms. The Morgan fingerprint density at radius 2 is 1.41 bits per heavy atom. The average Bonchev–Trinajstić information content (AvgIpc) is 3.05. The van der Waals surface area contributed by atoms with Gasteiger partial charge in [0.15, 0.2) is 33.8 Å². The normalized spacial score (nSPS) is 27.3. The highest BCUT2D eigenvalue weighted by atomic mass is 32.1. The third-order valence-corrected chi connectivity index (χ3v) is 9.82. The van der Waals surface area contributed by atoms with Gasteiger partial charge in [-0.15, -0.1) is 0 Å². The van der Waals surface area contributed by atoms with Crippen molar-refractivity contribution in [3.05, 3.63) is 113 Å². The fourth-order valence-corrected chi connectivity index (χ4v) is 8.11. The van der Waals surface area contributed by atoms with Gasteiger partial charge < -0.3 is 24.8 Å². The molecule has 4 aromatic carbocycles. The summed E-state index contributed by atoms with van der Waals surface area (Å²) in [5, 5.41) is 27.1. The van der Waals surface area contributed by atoms with Crippen molar-refractivity contribution in [1.29, 1.82) is 10.5 Å². The highest BCUT2D eigenvalue weighted by molar-refractivity contribution is 7.80. The molecule has 3 aliphatic heterocycles. The fourth-order valence-electron chi connectivity index (χ4n) is 7.83. The average molecular weight is 597 g/mol. The van der Waals surface area contributed by atoms with Crippen LogP contribution in [0.1, 0.15) is 59.5 Å². The zero-order valence-corrected chi connectivity index (χ0v) is 24.7. The number of benzene rings is 4. The summed E-state index contributed by atoms with van der Waals surface area (Å²) >= 11 is 5.91. The molecule has 8 rings (SSSR count). The molecule has 4 aliphatic rings. The lowest BCUT2D eigenvalue weighted by atomic mass is 9.58. The minimum Gasteiger partial charge on any atom is -0.463 e. The summed E-state index contributed by atoms with van der Waals surface area (Å²) in [5.41, 5.74) is 3.00. The standard InChI is InChI=1S/C36H28N4O3S/c1-20-14-26-31(21-8-4-2-5-9-21)25-12-13-28-34(42-30-17-24(19-38)23(18-37)16-29(30)41-28)33(25)43-36(26)27(15-20)32(39-35(44)40-36)22-10-6-3-7-11-22/h2-13,16-17,20,26-27,31-32H,14-15H2,1H3,(H2,39,40,44)/t20-,26-,27+,31+,32-,36+/m0/s1. The summed E-state index contributed by atoms with van der Waals surface area (Å²) in [7, 11) is 0. The van der Waals surface area contributed by atoms with Crippen molar-refractivity contribution in [2.75, 3.05) is 0 Å². The van der Waals surface area contributed by atoms with Crippen molar-refractivity contribution in [1.82, 2.24) is 10.6 Å². The molecule has 0 unspecified atom stereocenters. The number of fused-ring (bicyclic) bond motifs is 4. The second kappa shape index (κ2) is 10.0. The second-order valence-electron chi connectivity index (χ2n) is 12.1. The van der Waals surface area contributed by atoms with Crippen LogP contribution in [0, 0.1) is 40.4 Å². The van der Waals surface area contributed by atoms with Crippen LogP contribution in [0.25, 0.3) is 0 Å². The van der Waals surface area contributed by atoms with E-state index in [0.717, 1.165) is 18.4 Å². The first-order valence-corrected chi connectivity index (χ1v) is 15.3. The van der Waals surface area contributed by atoms with Gasteiger partial charge in [0.05, 0.1) is 17.2 Å². The predicted octanol–water partition coefficient (Wildman–Crippen LogP) is 7.43. The summed E-state index contributed by atoms with van der Waals surface area (Å²) in [6, 6.07) is 32.2. The fraction of sp³-hybridized carbons (Fsp3) is 0.250. The molecule has 1 aliphatic carbocycles. The first kappa shape index (κ1) is 26.6. The molecule has 6 atom stereocenters. The van der Waals surface area contributed by atoms with Crippen LogP contribution in [0.15, 0.2) is 84.9 Å². The number of ether oxygens (including phenoxy) is 3. The lowest BCUT2D eigenvalue weighted by Gasteiger charge is -2.60. The SMILES string of the molecule is C[C@@H]1C[C@@H]2[C@H](c3ccccc3)NC(=S)N[C@]23Oc2c(ccc4c2Oc2cc(C#N)c(C#N)cc2O4)[C@@H](c2ccccc2)[C@@H]3C1. The van der Waals surface area contributed by atoms with Crippen molar-refractivity contribution in [2.24, 2.45) is 17.8 Å². The summed E-state index contributed by atoms with van der Waals surface area (Å²) in [4.78, 5) is 0. The van der Waals surface area contributed by atoms with Crippen molar-refractivity contribution < 1.29 is 14.2 Å². The van der Waals surface area contributed by atoms with E-state index < -0.39 is 5.72 Å². The molecule has 4 aromatic rings. The smallest absolute Gasteiger partial charge is 0.212 e. The molecule has 1 saturated heterocycles. The number of nitriles is 2. The van der Waals surface area contributed by atoms with Gasteiger partial charge >= 0.3 is 0 Å². The first-order chi connectivity index (χ1) is 21.5. The minimum absolute atomic E-state index is 0.0130. The number of thiocarbonyl (C=S) groups is 1. The van der Waals surface area contributed by atoms with Crippen molar-refractivity contribution in [3.8, 4) is 40.9 Å². The van der Waals surface area contributed by atoms with Crippen LogP contribution in [0.5, 0.6) is 28.7 Å². The van der Waals surface area contributed by atoms with E-state index in [1.807, 2.05) is 18.2 Å². The Balaban J connectivity index is 1.33. The van der Waals surface area contributed by atoms with Gasteiger partial charge in [-0.3, -0.25) is 0 Å². The third-order valence-electron chi connectivity index (χ3n) is 9.60. The Labute approximate surface area is 261 Å². The third kappa shape index (κ3) is 3.95. The second-order valence-corrected chi connectivity index (χ2v) is 12.6. The maximum absolute atomic E-state index is 9.67. The van der Waals surface area contributed by atoms with Crippen LogP contribution < -0.4 is 24.8 Å². The van der Waals surface area contributed by atoms with Crippen LogP contribution in [-0.4, -0.2) is 10.8 Å². The summed E-state index contributed by atoms with van der Waals surface area (Å²) < 4.78 is 20.1. The van der Waals surface area contributed by atoms with E-state index in [2.05, 4.69) is 84.3 Å². The van der Waals surface area contributed by atoms with Gasteiger partial charge in [-0.1, -0.05) is 73.7 Å². The maximum atomic E-state index is 9.67. The highest BCUT2D eigenvalue weighted by Gasteiger charge is 2.62. The van der Waals surface area contributed by atoms with E-state index in [0.29, 0.717) is 39.8 Å². The Morgan fingerprint density at radius 1 is 0.773 bits per heavy atom. The summed E-state index contributed by atoms with van der Waals surface area (Å²) in [6.45, 7) is 2.33. The van der Waals surface area contributed by atoms with E-state index in [9.17, 15) is 10.5 Å². The minimum atomic E-state index is -0.829. The monoisotopic (exact) mass is 596 g/mol. The van der Waals surface area contributed by atoms with Crippen molar-refractivity contribution in [3.63, 3.8) is 0 Å². The Bertz CT molecular complexity index is 1900. The number of hydrogen-bond donors (Lipinski definition) is 2. The van der Waals surface area contributed by atoms with Gasteiger partial charge in [-0.05, 0) is 48.2 Å². The molecule has 216 valence electrons. The molecule has 7 nitrogen and oxygen atoms in total. The molecule has 3 heterocycles. The van der Waals surface area contributed by atoms with Gasteiger partial charge in [-0.25, -0.2) is 0 Å². The van der Waals surface area contributed by atoms with Gasteiger partial charge in [0.1, 0.15) is 12.1 Å². The largest absolute Gasteiger partial charge is 0.463 e. The molecule has 2 fully saturated rings. The number of hydrogen-bond acceptors (Lipinski definition) is 6. The van der Waals surface area contributed by atoms with Crippen LogP contribution >= 0.6 is 12.2 Å².